The van der Waals surface area contributed by atoms with Crippen LogP contribution in [0, 0.1) is 11.6 Å². The third-order valence-electron chi connectivity index (χ3n) is 2.51. The number of nitrogens with one attached hydrogen (secondary N) is 1. The van der Waals surface area contributed by atoms with Gasteiger partial charge in [-0.2, -0.15) is 0 Å². The summed E-state index contributed by atoms with van der Waals surface area (Å²) >= 11 is 0. The molecule has 16 heavy (non-hydrogen) atoms. The molecule has 0 amide bonds. The second kappa shape index (κ2) is 5.89. The molecule has 0 radical (unpaired) electrons. The average Bonchev–Trinajstić information content (AvgIpc) is 2.26. The van der Waals surface area contributed by atoms with Crippen molar-refractivity contribution in [2.24, 2.45) is 5.84 Å². The Morgan fingerprint density at radius 2 is 2.12 bits per heavy atom. The Hall–Kier alpha value is -1.04. The molecule has 0 fully saturated rings. The Bertz CT molecular complexity index is 347. The molecule has 0 aliphatic rings. The molecule has 0 bridgehead atoms. The fourth-order valence-electron chi connectivity index (χ4n) is 1.50. The van der Waals surface area contributed by atoms with Crippen LogP contribution in [0.4, 0.5) is 8.78 Å². The number of hydrogen-bond donors (Lipinski definition) is 2. The van der Waals surface area contributed by atoms with E-state index in [0.29, 0.717) is 12.0 Å². The minimum absolute atomic E-state index is 0.0643. The van der Waals surface area contributed by atoms with Crippen molar-refractivity contribution in [3.63, 3.8) is 0 Å². The second-order valence-corrected chi connectivity index (χ2v) is 3.67. The normalized spacial score (nSPS) is 14.8. The van der Waals surface area contributed by atoms with Gasteiger partial charge in [0.1, 0.15) is 11.6 Å². The van der Waals surface area contributed by atoms with E-state index in [2.05, 4.69) is 5.43 Å². The van der Waals surface area contributed by atoms with Crippen molar-refractivity contribution in [1.82, 2.24) is 5.43 Å². The van der Waals surface area contributed by atoms with Gasteiger partial charge in [0.25, 0.3) is 0 Å². The van der Waals surface area contributed by atoms with Crippen molar-refractivity contribution in [2.75, 3.05) is 7.11 Å². The van der Waals surface area contributed by atoms with E-state index in [1.165, 1.54) is 12.1 Å². The van der Waals surface area contributed by atoms with E-state index in [4.69, 9.17) is 10.6 Å². The molecule has 0 aromatic heterocycles. The molecule has 2 unspecified atom stereocenters. The molecule has 5 heteroatoms. The third kappa shape index (κ3) is 3.23. The molecule has 0 aliphatic heterocycles. The lowest BCUT2D eigenvalue weighted by atomic mass is 10.0. The van der Waals surface area contributed by atoms with E-state index < -0.39 is 17.7 Å². The van der Waals surface area contributed by atoms with E-state index >= 15 is 0 Å². The molecule has 3 nitrogen and oxygen atoms in total. The van der Waals surface area contributed by atoms with Crippen molar-refractivity contribution in [1.29, 1.82) is 0 Å². The highest BCUT2D eigenvalue weighted by Gasteiger charge is 2.17. The minimum atomic E-state index is -0.605. The highest BCUT2D eigenvalue weighted by Crippen LogP contribution is 2.22. The van der Waals surface area contributed by atoms with Crippen LogP contribution < -0.4 is 11.3 Å². The first-order valence-corrected chi connectivity index (χ1v) is 5.02. The predicted molar refractivity (Wildman–Crippen MR) is 57.5 cm³/mol. The molecule has 2 atom stereocenters. The van der Waals surface area contributed by atoms with Gasteiger partial charge >= 0.3 is 0 Å². The van der Waals surface area contributed by atoms with Gasteiger partial charge in [-0.3, -0.25) is 11.3 Å². The van der Waals surface area contributed by atoms with Crippen molar-refractivity contribution in [2.45, 2.75) is 25.5 Å². The molecule has 90 valence electrons. The van der Waals surface area contributed by atoms with E-state index in [1.54, 1.807) is 7.11 Å². The Balaban J connectivity index is 2.86. The summed E-state index contributed by atoms with van der Waals surface area (Å²) in [6.45, 7) is 1.85. The molecule has 3 N–H and O–H groups in total. The van der Waals surface area contributed by atoms with Gasteiger partial charge in [-0.1, -0.05) is 6.07 Å². The Labute approximate surface area is 93.6 Å². The van der Waals surface area contributed by atoms with Crippen molar-refractivity contribution < 1.29 is 13.5 Å². The average molecular weight is 230 g/mol. The Kier molecular flexibility index (Phi) is 4.79. The maximum absolute atomic E-state index is 13.5. The predicted octanol–water partition coefficient (Wildman–Crippen LogP) is 1.89. The molecule has 0 saturated heterocycles. The number of ether oxygens (including phenoxy) is 1. The van der Waals surface area contributed by atoms with Gasteiger partial charge in [0, 0.05) is 18.7 Å². The monoisotopic (exact) mass is 230 g/mol. The zero-order valence-corrected chi connectivity index (χ0v) is 9.34. The van der Waals surface area contributed by atoms with Crippen LogP contribution in [0.2, 0.25) is 0 Å². The maximum atomic E-state index is 13.5. The molecule has 1 aromatic carbocycles. The van der Waals surface area contributed by atoms with Crippen molar-refractivity contribution >= 4 is 0 Å². The van der Waals surface area contributed by atoms with Gasteiger partial charge in [0.05, 0.1) is 12.1 Å². The van der Waals surface area contributed by atoms with Crippen molar-refractivity contribution in [3.8, 4) is 0 Å². The number of benzene rings is 1. The Morgan fingerprint density at radius 1 is 1.44 bits per heavy atom. The van der Waals surface area contributed by atoms with Crippen LogP contribution >= 0.6 is 0 Å². The van der Waals surface area contributed by atoms with Gasteiger partial charge in [-0.25, -0.2) is 8.78 Å². The number of hydrogen-bond acceptors (Lipinski definition) is 3. The maximum Gasteiger partial charge on any atom is 0.130 e. The highest BCUT2D eigenvalue weighted by molar-refractivity contribution is 5.22. The third-order valence-corrected chi connectivity index (χ3v) is 2.51. The van der Waals surface area contributed by atoms with E-state index in [0.717, 1.165) is 6.07 Å². The lowest BCUT2D eigenvalue weighted by Gasteiger charge is -2.20. The van der Waals surface area contributed by atoms with Crippen LogP contribution in [0.3, 0.4) is 0 Å². The van der Waals surface area contributed by atoms with Gasteiger partial charge in [-0.15, -0.1) is 0 Å². The van der Waals surface area contributed by atoms with Gasteiger partial charge in [0.2, 0.25) is 0 Å². The number of nitrogens with two attached hydrogens (primary N) is 1. The second-order valence-electron chi connectivity index (χ2n) is 3.67. The first kappa shape index (κ1) is 13.0. The number of hydrazine groups is 1. The zero-order chi connectivity index (χ0) is 12.1. The number of halogens is 2. The number of methoxy groups -OCH3 is 1. The van der Waals surface area contributed by atoms with Crippen LogP contribution in [-0.4, -0.2) is 13.2 Å². The highest BCUT2D eigenvalue weighted by atomic mass is 19.1. The topological polar surface area (TPSA) is 47.3 Å². The first-order chi connectivity index (χ1) is 7.58. The van der Waals surface area contributed by atoms with E-state index in [1.807, 2.05) is 6.92 Å². The lowest BCUT2D eigenvalue weighted by molar-refractivity contribution is 0.0999. The van der Waals surface area contributed by atoms with Crippen LogP contribution in [-0.2, 0) is 4.74 Å². The molecule has 1 aromatic rings. The van der Waals surface area contributed by atoms with Crippen LogP contribution in [0.5, 0.6) is 0 Å². The summed E-state index contributed by atoms with van der Waals surface area (Å²) in [4.78, 5) is 0. The standard InChI is InChI=1S/C11H16F2N2O/c1-7(16-2)5-11(15-14)9-4-3-8(12)6-10(9)13/h3-4,6-7,11,15H,5,14H2,1-2H3. The van der Waals surface area contributed by atoms with Crippen molar-refractivity contribution in [3.05, 3.63) is 35.4 Å². The SMILES string of the molecule is COC(C)CC(NN)c1ccc(F)cc1F. The smallest absolute Gasteiger partial charge is 0.130 e. The first-order valence-electron chi connectivity index (χ1n) is 5.02. The molecular weight excluding hydrogens is 214 g/mol. The molecule has 0 saturated carbocycles. The minimum Gasteiger partial charge on any atom is -0.382 e. The summed E-state index contributed by atoms with van der Waals surface area (Å²) in [7, 11) is 1.57. The van der Waals surface area contributed by atoms with Gasteiger partial charge in [-0.05, 0) is 19.4 Å². The largest absolute Gasteiger partial charge is 0.382 e. The summed E-state index contributed by atoms with van der Waals surface area (Å²) in [5, 5.41) is 0. The van der Waals surface area contributed by atoms with Gasteiger partial charge in [0.15, 0.2) is 0 Å². The summed E-state index contributed by atoms with van der Waals surface area (Å²) in [6.07, 6.45) is 0.445. The summed E-state index contributed by atoms with van der Waals surface area (Å²) in [5.41, 5.74) is 2.84. The molecule has 0 heterocycles. The zero-order valence-electron chi connectivity index (χ0n) is 9.34. The van der Waals surface area contributed by atoms with E-state index in [9.17, 15) is 8.78 Å². The summed E-state index contributed by atoms with van der Waals surface area (Å²) in [6, 6.07) is 3.05. The Morgan fingerprint density at radius 3 is 2.62 bits per heavy atom. The number of rotatable bonds is 5. The lowest BCUT2D eigenvalue weighted by Crippen LogP contribution is -2.31. The fraction of sp³-hybridized carbons (Fsp3) is 0.455. The fourth-order valence-corrected chi connectivity index (χ4v) is 1.50. The molecule has 0 spiro atoms. The van der Waals surface area contributed by atoms with Crippen LogP contribution in [0.15, 0.2) is 18.2 Å². The summed E-state index contributed by atoms with van der Waals surface area (Å²) in [5.74, 6) is 4.14. The van der Waals surface area contributed by atoms with Crippen LogP contribution in [0.1, 0.15) is 24.9 Å². The molecular formula is C11H16F2N2O. The molecule has 1 rings (SSSR count). The summed E-state index contributed by atoms with van der Waals surface area (Å²) < 4.78 is 31.3. The van der Waals surface area contributed by atoms with Gasteiger partial charge < -0.3 is 4.74 Å². The van der Waals surface area contributed by atoms with E-state index in [-0.39, 0.29) is 6.10 Å². The molecule has 0 aliphatic carbocycles. The quantitative estimate of drug-likeness (QED) is 0.600. The van der Waals surface area contributed by atoms with Crippen LogP contribution in [0.25, 0.3) is 0 Å².